The standard InChI is InChI=1S/C11H19N3O2S/c1-8(2)16-10-7-9(3)13-11(14-10)12-5-6-17(4)15/h7-8H,5-6H2,1-4H3,(H,12,13,14). The predicted octanol–water partition coefficient (Wildman–Crippen LogP) is 1.36. The van der Waals surface area contributed by atoms with Gasteiger partial charge in [0.15, 0.2) is 0 Å². The molecule has 5 nitrogen and oxygen atoms in total. The first kappa shape index (κ1) is 13.9. The Kier molecular flexibility index (Phi) is 5.34. The van der Waals surface area contributed by atoms with Gasteiger partial charge < -0.3 is 10.1 Å². The molecule has 0 aliphatic rings. The smallest absolute Gasteiger partial charge is 0.226 e. The molecule has 0 aliphatic heterocycles. The lowest BCUT2D eigenvalue weighted by Crippen LogP contribution is -2.14. The zero-order valence-corrected chi connectivity index (χ0v) is 11.5. The third-order valence-electron chi connectivity index (χ3n) is 1.86. The van der Waals surface area contributed by atoms with Gasteiger partial charge in [-0.2, -0.15) is 4.98 Å². The van der Waals surface area contributed by atoms with Crippen molar-refractivity contribution < 1.29 is 8.95 Å². The van der Waals surface area contributed by atoms with E-state index in [0.29, 0.717) is 24.1 Å². The summed E-state index contributed by atoms with van der Waals surface area (Å²) in [5.74, 6) is 1.66. The van der Waals surface area contributed by atoms with Crippen LogP contribution < -0.4 is 10.1 Å². The maximum Gasteiger partial charge on any atom is 0.226 e. The highest BCUT2D eigenvalue weighted by molar-refractivity contribution is 7.84. The molecule has 1 rings (SSSR count). The second kappa shape index (κ2) is 6.54. The van der Waals surface area contributed by atoms with Gasteiger partial charge in [-0.3, -0.25) is 4.21 Å². The van der Waals surface area contributed by atoms with E-state index in [1.807, 2.05) is 20.8 Å². The largest absolute Gasteiger partial charge is 0.475 e. The topological polar surface area (TPSA) is 64.1 Å². The lowest BCUT2D eigenvalue weighted by molar-refractivity contribution is 0.232. The van der Waals surface area contributed by atoms with E-state index in [9.17, 15) is 4.21 Å². The molecule has 1 unspecified atom stereocenters. The van der Waals surface area contributed by atoms with Crippen LogP contribution in [-0.2, 0) is 10.8 Å². The van der Waals surface area contributed by atoms with E-state index < -0.39 is 10.8 Å². The molecule has 0 saturated carbocycles. The van der Waals surface area contributed by atoms with Gasteiger partial charge in [0.1, 0.15) is 0 Å². The summed E-state index contributed by atoms with van der Waals surface area (Å²) in [4.78, 5) is 8.46. The van der Waals surface area contributed by atoms with Crippen molar-refractivity contribution >= 4 is 16.7 Å². The molecule has 1 aromatic rings. The Hall–Kier alpha value is -1.17. The van der Waals surface area contributed by atoms with E-state index in [2.05, 4.69) is 15.3 Å². The lowest BCUT2D eigenvalue weighted by Gasteiger charge is -2.11. The van der Waals surface area contributed by atoms with Crippen molar-refractivity contribution in [3.8, 4) is 5.88 Å². The van der Waals surface area contributed by atoms with Crippen molar-refractivity contribution in [1.29, 1.82) is 0 Å². The Labute approximate surface area is 104 Å². The van der Waals surface area contributed by atoms with Crippen molar-refractivity contribution in [1.82, 2.24) is 9.97 Å². The van der Waals surface area contributed by atoms with Crippen LogP contribution in [0.4, 0.5) is 5.95 Å². The average molecular weight is 257 g/mol. The zero-order valence-electron chi connectivity index (χ0n) is 10.7. The summed E-state index contributed by atoms with van der Waals surface area (Å²) in [6, 6.07) is 1.79. The van der Waals surface area contributed by atoms with Gasteiger partial charge >= 0.3 is 0 Å². The number of rotatable bonds is 6. The van der Waals surface area contributed by atoms with Crippen LogP contribution in [0.1, 0.15) is 19.5 Å². The number of ether oxygens (including phenoxy) is 1. The van der Waals surface area contributed by atoms with Gasteiger partial charge in [0, 0.05) is 41.1 Å². The Bertz CT molecular complexity index is 396. The van der Waals surface area contributed by atoms with Crippen molar-refractivity contribution in [2.75, 3.05) is 23.9 Å². The van der Waals surface area contributed by atoms with Crippen molar-refractivity contribution in [3.05, 3.63) is 11.8 Å². The number of nitrogens with one attached hydrogen (secondary N) is 1. The zero-order chi connectivity index (χ0) is 12.8. The molecule has 0 amide bonds. The van der Waals surface area contributed by atoms with Crippen LogP contribution in [-0.4, -0.2) is 38.8 Å². The van der Waals surface area contributed by atoms with Gasteiger partial charge in [-0.25, -0.2) is 4.98 Å². The monoisotopic (exact) mass is 257 g/mol. The molecule has 0 radical (unpaired) electrons. The SMILES string of the molecule is Cc1cc(OC(C)C)nc(NCCS(C)=O)n1. The molecule has 0 bridgehead atoms. The minimum absolute atomic E-state index is 0.0836. The molecule has 0 aliphatic carbocycles. The molecule has 0 fully saturated rings. The van der Waals surface area contributed by atoms with Crippen LogP contribution in [0.2, 0.25) is 0 Å². The summed E-state index contributed by atoms with van der Waals surface area (Å²) in [7, 11) is -0.808. The Morgan fingerprint density at radius 2 is 2.18 bits per heavy atom. The Morgan fingerprint density at radius 1 is 1.47 bits per heavy atom. The molecular weight excluding hydrogens is 238 g/mol. The van der Waals surface area contributed by atoms with Gasteiger partial charge in [0.25, 0.3) is 0 Å². The van der Waals surface area contributed by atoms with Crippen molar-refractivity contribution in [3.63, 3.8) is 0 Å². The molecule has 6 heteroatoms. The van der Waals surface area contributed by atoms with Gasteiger partial charge in [0.2, 0.25) is 11.8 Å². The average Bonchev–Trinajstić information content (AvgIpc) is 2.14. The fourth-order valence-corrected chi connectivity index (χ4v) is 1.62. The van der Waals surface area contributed by atoms with Crippen LogP contribution in [0.15, 0.2) is 6.07 Å². The maximum atomic E-state index is 10.9. The maximum absolute atomic E-state index is 10.9. The number of anilines is 1. The molecule has 1 aromatic heterocycles. The normalized spacial score (nSPS) is 12.5. The first-order valence-corrected chi connectivity index (χ1v) is 7.26. The summed E-state index contributed by atoms with van der Waals surface area (Å²) >= 11 is 0. The van der Waals surface area contributed by atoms with Crippen molar-refractivity contribution in [2.24, 2.45) is 0 Å². The molecule has 0 spiro atoms. The quantitative estimate of drug-likeness (QED) is 0.833. The highest BCUT2D eigenvalue weighted by Gasteiger charge is 2.04. The van der Waals surface area contributed by atoms with E-state index >= 15 is 0 Å². The van der Waals surface area contributed by atoms with E-state index in [4.69, 9.17) is 4.74 Å². The predicted molar refractivity (Wildman–Crippen MR) is 70.0 cm³/mol. The summed E-state index contributed by atoms with van der Waals surface area (Å²) in [6.07, 6.45) is 1.76. The highest BCUT2D eigenvalue weighted by Crippen LogP contribution is 2.13. The van der Waals surface area contributed by atoms with Crippen LogP contribution in [0, 0.1) is 6.92 Å². The number of hydrogen-bond donors (Lipinski definition) is 1. The van der Waals surface area contributed by atoms with Crippen LogP contribution >= 0.6 is 0 Å². The van der Waals surface area contributed by atoms with Crippen LogP contribution in [0.5, 0.6) is 5.88 Å². The Morgan fingerprint density at radius 3 is 2.76 bits per heavy atom. The third-order valence-corrected chi connectivity index (χ3v) is 2.64. The molecule has 0 aromatic carbocycles. The fraction of sp³-hybridized carbons (Fsp3) is 0.636. The van der Waals surface area contributed by atoms with Gasteiger partial charge in [0.05, 0.1) is 6.10 Å². The van der Waals surface area contributed by atoms with Crippen LogP contribution in [0.25, 0.3) is 0 Å². The first-order chi connectivity index (χ1) is 7.97. The minimum Gasteiger partial charge on any atom is -0.475 e. The van der Waals surface area contributed by atoms with E-state index in [0.717, 1.165) is 5.69 Å². The molecular formula is C11H19N3O2S. The van der Waals surface area contributed by atoms with Gasteiger partial charge in [-0.05, 0) is 20.8 Å². The molecule has 1 heterocycles. The lowest BCUT2D eigenvalue weighted by atomic mass is 10.4. The number of aryl methyl sites for hydroxylation is 1. The van der Waals surface area contributed by atoms with Crippen molar-refractivity contribution in [2.45, 2.75) is 26.9 Å². The first-order valence-electron chi connectivity index (χ1n) is 5.53. The molecule has 96 valence electrons. The summed E-state index contributed by atoms with van der Waals surface area (Å²) in [5, 5.41) is 3.04. The summed E-state index contributed by atoms with van der Waals surface area (Å²) in [6.45, 7) is 6.38. The number of nitrogens with zero attached hydrogens (tertiary/aromatic N) is 2. The fourth-order valence-electron chi connectivity index (χ4n) is 1.23. The van der Waals surface area contributed by atoms with Gasteiger partial charge in [-0.1, -0.05) is 0 Å². The summed E-state index contributed by atoms with van der Waals surface area (Å²) < 4.78 is 16.4. The Balaban J connectivity index is 2.65. The molecule has 1 atom stereocenters. The van der Waals surface area contributed by atoms with E-state index in [-0.39, 0.29) is 6.10 Å². The van der Waals surface area contributed by atoms with E-state index in [1.54, 1.807) is 12.3 Å². The molecule has 1 N–H and O–H groups in total. The highest BCUT2D eigenvalue weighted by atomic mass is 32.2. The van der Waals surface area contributed by atoms with E-state index in [1.165, 1.54) is 0 Å². The second-order valence-corrected chi connectivity index (χ2v) is 5.60. The second-order valence-electron chi connectivity index (χ2n) is 4.04. The minimum atomic E-state index is -0.808. The number of hydrogen-bond acceptors (Lipinski definition) is 5. The number of aromatic nitrogens is 2. The third kappa shape index (κ3) is 5.63. The molecule has 0 saturated heterocycles. The van der Waals surface area contributed by atoms with Gasteiger partial charge in [-0.15, -0.1) is 0 Å². The summed E-state index contributed by atoms with van der Waals surface area (Å²) in [5.41, 5.74) is 0.843. The van der Waals surface area contributed by atoms with Crippen LogP contribution in [0.3, 0.4) is 0 Å². The molecule has 17 heavy (non-hydrogen) atoms.